The van der Waals surface area contributed by atoms with Crippen LogP contribution in [0.2, 0.25) is 0 Å². The number of carboxylic acid groups (broad SMARTS) is 1. The van der Waals surface area contributed by atoms with E-state index in [4.69, 9.17) is 5.11 Å². The zero-order valence-corrected chi connectivity index (χ0v) is 8.15. The Kier molecular flexibility index (Phi) is 4.48. The van der Waals surface area contributed by atoms with E-state index < -0.39 is 10.8 Å². The summed E-state index contributed by atoms with van der Waals surface area (Å²) in [7, 11) is 0. The van der Waals surface area contributed by atoms with E-state index >= 15 is 0 Å². The van der Waals surface area contributed by atoms with Crippen LogP contribution in [-0.4, -0.2) is 21.2 Å². The average molecular weight is 260 g/mol. The Labute approximate surface area is 70.9 Å². The van der Waals surface area contributed by atoms with Crippen LogP contribution in [0.5, 0.6) is 0 Å². The summed E-state index contributed by atoms with van der Waals surface area (Å²) in [6, 6.07) is 0. The Morgan fingerprint density at radius 2 is 2.22 bits per heavy atom. The van der Waals surface area contributed by atoms with Gasteiger partial charge in [0.25, 0.3) is 0 Å². The Morgan fingerprint density at radius 3 is 2.33 bits per heavy atom. The van der Waals surface area contributed by atoms with E-state index in [9.17, 15) is 4.79 Å². The normalized spacial score (nSPS) is 16.8. The molecule has 2 atom stereocenters. The lowest BCUT2D eigenvalue weighted by Crippen LogP contribution is -2.21. The highest BCUT2D eigenvalue weighted by Gasteiger charge is 2.19. The van der Waals surface area contributed by atoms with Gasteiger partial charge in [0.05, 0.1) is 0 Å². The van der Waals surface area contributed by atoms with Crippen LogP contribution in [0.3, 0.4) is 0 Å². The average Bonchev–Trinajstić information content (AvgIpc) is 1.84. The summed E-state index contributed by atoms with van der Waals surface area (Å²) in [5, 5.41) is 9.12. The van der Waals surface area contributed by atoms with E-state index in [0.717, 1.165) is 0 Å². The maximum Gasteiger partial charge on any atom is 0.317 e. The van der Waals surface area contributed by atoms with Crippen molar-refractivity contribution in [2.45, 2.75) is 11.8 Å². The van der Waals surface area contributed by atoms with Crippen molar-refractivity contribution in [1.82, 2.24) is 0 Å². The largest absolute Gasteiger partial charge is 0.480 e. The number of halogens is 2. The topological polar surface area (TPSA) is 37.3 Å². The molecule has 2 unspecified atom stereocenters. The molecule has 0 aliphatic rings. The van der Waals surface area contributed by atoms with Crippen LogP contribution in [0, 0.1) is 5.92 Å². The number of aliphatic carboxylic acids is 1. The lowest BCUT2D eigenvalue weighted by Gasteiger charge is -2.09. The monoisotopic (exact) mass is 258 g/mol. The molecule has 0 spiro atoms. The smallest absolute Gasteiger partial charge is 0.317 e. The van der Waals surface area contributed by atoms with Gasteiger partial charge in [-0.15, -0.1) is 0 Å². The second kappa shape index (κ2) is 4.28. The van der Waals surface area contributed by atoms with E-state index in [-0.39, 0.29) is 5.92 Å². The quantitative estimate of drug-likeness (QED) is 0.786. The Morgan fingerprint density at radius 1 is 1.78 bits per heavy atom. The molecule has 0 rings (SSSR count). The molecule has 0 aliphatic carbocycles. The zero-order chi connectivity index (χ0) is 7.44. The van der Waals surface area contributed by atoms with Crippen molar-refractivity contribution in [3.63, 3.8) is 0 Å². The molecule has 0 bridgehead atoms. The Balaban J connectivity index is 3.72. The number of hydrogen-bond donors (Lipinski definition) is 1. The fraction of sp³-hybridized carbons (Fsp3) is 0.800. The highest BCUT2D eigenvalue weighted by atomic mass is 79.9. The number of hydrogen-bond acceptors (Lipinski definition) is 1. The predicted molar refractivity (Wildman–Crippen MR) is 43.3 cm³/mol. The summed E-state index contributed by atoms with van der Waals surface area (Å²) < 4.78 is 0. The van der Waals surface area contributed by atoms with Gasteiger partial charge >= 0.3 is 5.97 Å². The predicted octanol–water partition coefficient (Wildman–Crippen LogP) is 1.87. The highest BCUT2D eigenvalue weighted by molar-refractivity contribution is 9.10. The minimum absolute atomic E-state index is 0.127. The fourth-order valence-electron chi connectivity index (χ4n) is 0.322. The minimum atomic E-state index is -0.804. The molecular weight excluding hydrogens is 252 g/mol. The maximum absolute atomic E-state index is 10.2. The van der Waals surface area contributed by atoms with Crippen molar-refractivity contribution in [3.8, 4) is 0 Å². The second-order valence-electron chi connectivity index (χ2n) is 1.87. The zero-order valence-electron chi connectivity index (χ0n) is 4.97. The van der Waals surface area contributed by atoms with Gasteiger partial charge in [-0.1, -0.05) is 38.8 Å². The first-order valence-electron chi connectivity index (χ1n) is 2.52. The molecule has 9 heavy (non-hydrogen) atoms. The van der Waals surface area contributed by atoms with Crippen molar-refractivity contribution >= 4 is 37.8 Å². The van der Waals surface area contributed by atoms with E-state index in [1.54, 1.807) is 0 Å². The first-order valence-corrected chi connectivity index (χ1v) is 4.56. The third-order valence-electron chi connectivity index (χ3n) is 0.979. The molecule has 0 aliphatic heterocycles. The van der Waals surface area contributed by atoms with E-state index in [1.807, 2.05) is 6.92 Å². The summed E-state index contributed by atoms with van der Waals surface area (Å²) in [6.45, 7) is 1.86. The molecule has 1 N–H and O–H groups in total. The van der Waals surface area contributed by atoms with Gasteiger partial charge in [0.15, 0.2) is 0 Å². The van der Waals surface area contributed by atoms with Gasteiger partial charge in [-0.25, -0.2) is 0 Å². The van der Waals surface area contributed by atoms with Crippen LogP contribution in [0.25, 0.3) is 0 Å². The molecule has 0 heterocycles. The van der Waals surface area contributed by atoms with E-state index in [1.165, 1.54) is 0 Å². The second-order valence-corrected chi connectivity index (χ2v) is 3.51. The summed E-state index contributed by atoms with van der Waals surface area (Å²) in [4.78, 5) is 9.80. The molecule has 0 aromatic heterocycles. The van der Waals surface area contributed by atoms with Gasteiger partial charge < -0.3 is 5.11 Å². The first kappa shape index (κ1) is 9.43. The van der Waals surface area contributed by atoms with Crippen LogP contribution < -0.4 is 0 Å². The molecular formula is C5H8Br2O2. The Bertz CT molecular complexity index is 105. The molecule has 0 saturated heterocycles. The number of rotatable bonds is 3. The summed E-state index contributed by atoms with van der Waals surface area (Å²) in [5.41, 5.74) is 0. The van der Waals surface area contributed by atoms with Crippen molar-refractivity contribution < 1.29 is 9.90 Å². The van der Waals surface area contributed by atoms with Crippen molar-refractivity contribution in [2.75, 3.05) is 5.33 Å². The number of alkyl halides is 2. The molecule has 0 amide bonds. The summed E-state index contributed by atoms with van der Waals surface area (Å²) in [5.74, 6) is -0.676. The van der Waals surface area contributed by atoms with Gasteiger partial charge in [-0.05, 0) is 5.92 Å². The van der Waals surface area contributed by atoms with Gasteiger partial charge in [0.2, 0.25) is 0 Å². The minimum Gasteiger partial charge on any atom is -0.480 e. The number of carbonyl (C=O) groups is 1. The van der Waals surface area contributed by atoms with Crippen molar-refractivity contribution in [3.05, 3.63) is 0 Å². The van der Waals surface area contributed by atoms with E-state index in [0.29, 0.717) is 5.33 Å². The summed E-state index contributed by atoms with van der Waals surface area (Å²) in [6.07, 6.45) is 0. The first-order chi connectivity index (χ1) is 4.09. The lowest BCUT2D eigenvalue weighted by atomic mass is 10.1. The highest BCUT2D eigenvalue weighted by Crippen LogP contribution is 2.14. The van der Waals surface area contributed by atoms with Crippen LogP contribution >= 0.6 is 31.9 Å². The molecule has 0 aromatic rings. The summed E-state index contributed by atoms with van der Waals surface area (Å²) >= 11 is 6.23. The van der Waals surface area contributed by atoms with Crippen LogP contribution in [0.1, 0.15) is 6.92 Å². The molecule has 0 saturated carbocycles. The molecule has 0 radical (unpaired) electrons. The van der Waals surface area contributed by atoms with Crippen LogP contribution in [-0.2, 0) is 4.79 Å². The standard InChI is InChI=1S/C5H8Br2O2/c1-3(2-6)4(7)5(8)9/h3-4H,2H2,1H3,(H,8,9). The molecule has 0 aromatic carbocycles. The van der Waals surface area contributed by atoms with Crippen LogP contribution in [0.15, 0.2) is 0 Å². The third kappa shape index (κ3) is 3.20. The molecule has 54 valence electrons. The Hall–Kier alpha value is 0.430. The van der Waals surface area contributed by atoms with Gasteiger partial charge in [-0.3, -0.25) is 4.79 Å². The molecule has 4 heteroatoms. The number of carboxylic acids is 1. The van der Waals surface area contributed by atoms with Crippen molar-refractivity contribution in [2.24, 2.45) is 5.92 Å². The lowest BCUT2D eigenvalue weighted by molar-refractivity contribution is -0.136. The SMILES string of the molecule is CC(CBr)C(Br)C(=O)O. The molecule has 2 nitrogen and oxygen atoms in total. The fourth-order valence-corrected chi connectivity index (χ4v) is 1.38. The third-order valence-corrected chi connectivity index (χ3v) is 3.29. The van der Waals surface area contributed by atoms with Crippen molar-refractivity contribution in [1.29, 1.82) is 0 Å². The van der Waals surface area contributed by atoms with Gasteiger partial charge in [0, 0.05) is 5.33 Å². The van der Waals surface area contributed by atoms with Gasteiger partial charge in [-0.2, -0.15) is 0 Å². The van der Waals surface area contributed by atoms with E-state index in [2.05, 4.69) is 31.9 Å². The molecule has 0 fully saturated rings. The van der Waals surface area contributed by atoms with Crippen LogP contribution in [0.4, 0.5) is 0 Å². The maximum atomic E-state index is 10.2. The van der Waals surface area contributed by atoms with Gasteiger partial charge in [0.1, 0.15) is 4.83 Å².